The Hall–Kier alpha value is -3.81. The molecule has 0 bridgehead atoms. The quantitative estimate of drug-likeness (QED) is 0.517. The van der Waals surface area contributed by atoms with Crippen molar-refractivity contribution in [3.8, 4) is 0 Å². The summed E-state index contributed by atoms with van der Waals surface area (Å²) in [5.41, 5.74) is 3.98. The number of benzene rings is 1. The van der Waals surface area contributed by atoms with Gasteiger partial charge in [0.2, 0.25) is 0 Å². The summed E-state index contributed by atoms with van der Waals surface area (Å²) < 4.78 is 3.43. The summed E-state index contributed by atoms with van der Waals surface area (Å²) in [6.07, 6.45) is 6.54. The van der Waals surface area contributed by atoms with E-state index in [0.29, 0.717) is 23.8 Å². The van der Waals surface area contributed by atoms with Crippen LogP contribution in [0.15, 0.2) is 55.5 Å². The number of hydrogen-bond donors (Lipinski definition) is 2. The largest absolute Gasteiger partial charge is 0.338 e. The molecule has 4 rings (SSSR count). The first-order valence-corrected chi connectivity index (χ1v) is 8.36. The van der Waals surface area contributed by atoms with Crippen molar-refractivity contribution in [2.75, 3.05) is 5.32 Å². The first-order chi connectivity index (χ1) is 13.1. The van der Waals surface area contributed by atoms with Gasteiger partial charge in [0.1, 0.15) is 5.69 Å². The normalized spacial score (nSPS) is 10.9. The molecule has 8 heteroatoms. The monoisotopic (exact) mass is 358 g/mol. The smallest absolute Gasteiger partial charge is 0.158 e. The zero-order valence-electron chi connectivity index (χ0n) is 14.8. The molecule has 0 saturated carbocycles. The molecule has 0 fully saturated rings. The molecule has 8 nitrogen and oxygen atoms in total. The van der Waals surface area contributed by atoms with Gasteiger partial charge in [-0.25, -0.2) is 4.68 Å². The topological polar surface area (TPSA) is 97.3 Å². The lowest BCUT2D eigenvalue weighted by atomic mass is 10.1. The standard InChI is InChI=1S/C19H18N8/c1-13(16-10-22-26(2)12-16)23-19-18(9-20)24-25-27(19)11-14-5-6-17-15(8-14)4-3-7-21-17/h3-10,12,20,23H,1,11H2,2H3. The van der Waals surface area contributed by atoms with E-state index in [4.69, 9.17) is 5.41 Å². The van der Waals surface area contributed by atoms with E-state index in [1.165, 1.54) is 6.21 Å². The maximum Gasteiger partial charge on any atom is 0.158 e. The van der Waals surface area contributed by atoms with E-state index in [9.17, 15) is 0 Å². The summed E-state index contributed by atoms with van der Waals surface area (Å²) in [7, 11) is 1.85. The lowest BCUT2D eigenvalue weighted by Gasteiger charge is -2.11. The molecule has 3 aromatic heterocycles. The highest BCUT2D eigenvalue weighted by Gasteiger charge is 2.14. The van der Waals surface area contributed by atoms with Gasteiger partial charge in [-0.2, -0.15) is 5.10 Å². The van der Waals surface area contributed by atoms with Crippen LogP contribution in [0, 0.1) is 5.41 Å². The Labute approximate surface area is 155 Å². The van der Waals surface area contributed by atoms with E-state index < -0.39 is 0 Å². The Morgan fingerprint density at radius 1 is 1.33 bits per heavy atom. The van der Waals surface area contributed by atoms with Crippen molar-refractivity contribution in [1.82, 2.24) is 29.8 Å². The molecule has 0 unspecified atom stereocenters. The molecule has 0 spiro atoms. The fourth-order valence-electron chi connectivity index (χ4n) is 2.85. The third-order valence-corrected chi connectivity index (χ3v) is 4.22. The van der Waals surface area contributed by atoms with Gasteiger partial charge < -0.3 is 10.7 Å². The molecule has 0 saturated heterocycles. The molecule has 0 amide bonds. The Bertz CT molecular complexity index is 1140. The minimum atomic E-state index is 0.447. The van der Waals surface area contributed by atoms with Crippen LogP contribution in [0.4, 0.5) is 5.82 Å². The summed E-state index contributed by atoms with van der Waals surface area (Å²) in [6.45, 7) is 4.57. The predicted molar refractivity (Wildman–Crippen MR) is 105 cm³/mol. The van der Waals surface area contributed by atoms with Crippen molar-refractivity contribution in [1.29, 1.82) is 5.41 Å². The summed E-state index contributed by atoms with van der Waals surface area (Å²) in [5.74, 6) is 0.616. The molecule has 0 radical (unpaired) electrons. The highest BCUT2D eigenvalue weighted by molar-refractivity contribution is 5.86. The number of hydrogen-bond acceptors (Lipinski definition) is 6. The maximum absolute atomic E-state index is 7.60. The molecule has 0 aliphatic carbocycles. The van der Waals surface area contributed by atoms with Gasteiger partial charge in [0.15, 0.2) is 5.82 Å². The first-order valence-electron chi connectivity index (χ1n) is 8.36. The SMILES string of the molecule is C=C(Nc1c(C=N)nnn1Cc1ccc2ncccc2c1)c1cnn(C)c1. The molecule has 4 aromatic rings. The van der Waals surface area contributed by atoms with Crippen LogP contribution in [0.1, 0.15) is 16.8 Å². The van der Waals surface area contributed by atoms with Gasteiger partial charge >= 0.3 is 0 Å². The van der Waals surface area contributed by atoms with Crippen molar-refractivity contribution < 1.29 is 0 Å². The zero-order chi connectivity index (χ0) is 18.8. The van der Waals surface area contributed by atoms with Crippen LogP contribution in [0.25, 0.3) is 16.6 Å². The summed E-state index contributed by atoms with van der Waals surface area (Å²) >= 11 is 0. The van der Waals surface area contributed by atoms with E-state index in [1.807, 2.05) is 37.5 Å². The summed E-state index contributed by atoms with van der Waals surface area (Å²) in [5, 5.41) is 24.3. The highest BCUT2D eigenvalue weighted by Crippen LogP contribution is 2.21. The van der Waals surface area contributed by atoms with Gasteiger partial charge in [0.05, 0.1) is 18.3 Å². The van der Waals surface area contributed by atoms with Crippen molar-refractivity contribution in [2.45, 2.75) is 6.54 Å². The first kappa shape index (κ1) is 16.6. The molecule has 27 heavy (non-hydrogen) atoms. The van der Waals surface area contributed by atoms with Crippen molar-refractivity contribution in [3.05, 3.63) is 72.3 Å². The average Bonchev–Trinajstić information content (AvgIpc) is 3.28. The second-order valence-electron chi connectivity index (χ2n) is 6.16. The Kier molecular flexibility index (Phi) is 4.21. The molecule has 0 atom stereocenters. The number of pyridine rings is 1. The number of aryl methyl sites for hydroxylation is 1. The van der Waals surface area contributed by atoms with Crippen LogP contribution in [0.3, 0.4) is 0 Å². The van der Waals surface area contributed by atoms with Crippen molar-refractivity contribution in [2.24, 2.45) is 7.05 Å². The number of rotatable bonds is 6. The van der Waals surface area contributed by atoms with Gasteiger partial charge in [-0.1, -0.05) is 23.9 Å². The zero-order valence-corrected chi connectivity index (χ0v) is 14.8. The van der Waals surface area contributed by atoms with Crippen LogP contribution in [-0.4, -0.2) is 36.0 Å². The van der Waals surface area contributed by atoms with Gasteiger partial charge in [-0.05, 0) is 23.8 Å². The lowest BCUT2D eigenvalue weighted by Crippen LogP contribution is -2.09. The number of nitrogens with one attached hydrogen (secondary N) is 2. The second-order valence-corrected chi connectivity index (χ2v) is 6.16. The van der Waals surface area contributed by atoms with Crippen LogP contribution in [-0.2, 0) is 13.6 Å². The number of nitrogens with zero attached hydrogens (tertiary/aromatic N) is 6. The minimum absolute atomic E-state index is 0.447. The van der Waals surface area contributed by atoms with Crippen LogP contribution in [0.5, 0.6) is 0 Å². The molecule has 1 aromatic carbocycles. The molecular weight excluding hydrogens is 340 g/mol. The highest BCUT2D eigenvalue weighted by atomic mass is 15.5. The second kappa shape index (κ2) is 6.83. The van der Waals surface area contributed by atoms with Crippen molar-refractivity contribution >= 4 is 28.6 Å². The van der Waals surface area contributed by atoms with E-state index in [1.54, 1.807) is 21.8 Å². The van der Waals surface area contributed by atoms with Gasteiger partial charge in [0, 0.05) is 42.3 Å². The Balaban J connectivity index is 1.63. The van der Waals surface area contributed by atoms with Gasteiger partial charge in [-0.15, -0.1) is 5.10 Å². The fraction of sp³-hybridized carbons (Fsp3) is 0.105. The summed E-state index contributed by atoms with van der Waals surface area (Å²) in [6, 6.07) is 10.0. The number of aromatic nitrogens is 6. The third kappa shape index (κ3) is 3.32. The van der Waals surface area contributed by atoms with Gasteiger partial charge in [-0.3, -0.25) is 9.67 Å². The van der Waals surface area contributed by atoms with E-state index in [2.05, 4.69) is 38.4 Å². The maximum atomic E-state index is 7.60. The molecule has 3 heterocycles. The average molecular weight is 358 g/mol. The minimum Gasteiger partial charge on any atom is -0.338 e. The fourth-order valence-corrected chi connectivity index (χ4v) is 2.85. The third-order valence-electron chi connectivity index (χ3n) is 4.22. The Morgan fingerprint density at radius 2 is 2.22 bits per heavy atom. The van der Waals surface area contributed by atoms with Crippen LogP contribution < -0.4 is 5.32 Å². The van der Waals surface area contributed by atoms with Crippen molar-refractivity contribution in [3.63, 3.8) is 0 Å². The summed E-state index contributed by atoms with van der Waals surface area (Å²) in [4.78, 5) is 4.34. The number of anilines is 1. The predicted octanol–water partition coefficient (Wildman–Crippen LogP) is 2.69. The number of fused-ring (bicyclic) bond motifs is 1. The Morgan fingerprint density at radius 3 is 3.00 bits per heavy atom. The molecular formula is C19H18N8. The molecule has 134 valence electrons. The van der Waals surface area contributed by atoms with Gasteiger partial charge in [0.25, 0.3) is 0 Å². The van der Waals surface area contributed by atoms with E-state index >= 15 is 0 Å². The van der Waals surface area contributed by atoms with E-state index in [-0.39, 0.29) is 0 Å². The lowest BCUT2D eigenvalue weighted by molar-refractivity contribution is 0.657. The van der Waals surface area contributed by atoms with E-state index in [0.717, 1.165) is 22.0 Å². The molecule has 0 aliphatic heterocycles. The van der Waals surface area contributed by atoms with Crippen LogP contribution >= 0.6 is 0 Å². The van der Waals surface area contributed by atoms with Crippen LogP contribution in [0.2, 0.25) is 0 Å². The molecule has 0 aliphatic rings. The molecule has 2 N–H and O–H groups in total.